The Morgan fingerprint density at radius 2 is 1.77 bits per heavy atom. The van der Waals surface area contributed by atoms with Crippen LogP contribution in [-0.4, -0.2) is 39.9 Å². The molecule has 6 rings (SSSR count). The van der Waals surface area contributed by atoms with E-state index in [9.17, 15) is 14.4 Å². The van der Waals surface area contributed by atoms with Crippen molar-refractivity contribution in [1.29, 1.82) is 0 Å². The topological polar surface area (TPSA) is 116 Å². The van der Waals surface area contributed by atoms with Crippen molar-refractivity contribution in [3.63, 3.8) is 0 Å². The number of nitrogens with zero attached hydrogens (tertiary/aromatic N) is 3. The molecule has 10 heteroatoms. The number of thiophene rings is 1. The van der Waals surface area contributed by atoms with Crippen molar-refractivity contribution in [2.24, 2.45) is 0 Å². The molecule has 1 saturated carbocycles. The van der Waals surface area contributed by atoms with Gasteiger partial charge < -0.3 is 16.0 Å². The summed E-state index contributed by atoms with van der Waals surface area (Å²) in [7, 11) is 0. The first-order valence-corrected chi connectivity index (χ1v) is 13.6. The number of amides is 4. The maximum atomic E-state index is 13.5. The molecule has 3 aromatic heterocycles. The van der Waals surface area contributed by atoms with Crippen molar-refractivity contribution in [2.45, 2.75) is 37.8 Å². The predicted octanol–water partition coefficient (Wildman–Crippen LogP) is 5.39. The zero-order valence-electron chi connectivity index (χ0n) is 21.0. The average Bonchev–Trinajstić information content (AvgIpc) is 3.34. The molecule has 0 saturated heterocycles. The van der Waals surface area contributed by atoms with Crippen molar-refractivity contribution in [1.82, 2.24) is 20.6 Å². The molecule has 39 heavy (non-hydrogen) atoms. The van der Waals surface area contributed by atoms with E-state index >= 15 is 0 Å². The van der Waals surface area contributed by atoms with Gasteiger partial charge in [-0.2, -0.15) is 0 Å². The molecular formula is C29H26N6O3S. The summed E-state index contributed by atoms with van der Waals surface area (Å²) in [4.78, 5) is 50.6. The highest BCUT2D eigenvalue weighted by atomic mass is 32.1. The fraction of sp³-hybridized carbons (Fsp3) is 0.207. The van der Waals surface area contributed by atoms with E-state index in [0.29, 0.717) is 32.2 Å². The number of aromatic nitrogens is 2. The normalized spacial score (nSPS) is 18.4. The number of carbonyl (C=O) groups is 3. The van der Waals surface area contributed by atoms with Gasteiger partial charge >= 0.3 is 6.03 Å². The largest absolute Gasteiger partial charge is 0.348 e. The van der Waals surface area contributed by atoms with E-state index in [-0.39, 0.29) is 29.9 Å². The van der Waals surface area contributed by atoms with Crippen LogP contribution in [0.1, 0.15) is 35.4 Å². The summed E-state index contributed by atoms with van der Waals surface area (Å²) in [5.74, 6) is -0.557. The highest BCUT2D eigenvalue weighted by Crippen LogP contribution is 2.46. The summed E-state index contributed by atoms with van der Waals surface area (Å²) in [5.41, 5.74) is 3.44. The van der Waals surface area contributed by atoms with E-state index in [1.165, 1.54) is 17.4 Å². The number of rotatable bonds is 6. The molecule has 1 fully saturated rings. The molecule has 0 radical (unpaired) electrons. The lowest BCUT2D eigenvalue weighted by atomic mass is 9.90. The molecule has 4 amide bonds. The van der Waals surface area contributed by atoms with Gasteiger partial charge in [-0.05, 0) is 37.1 Å². The third-order valence-electron chi connectivity index (χ3n) is 7.12. The molecule has 2 unspecified atom stereocenters. The van der Waals surface area contributed by atoms with E-state index in [4.69, 9.17) is 0 Å². The summed E-state index contributed by atoms with van der Waals surface area (Å²) in [6, 6.07) is 14.4. The maximum Gasteiger partial charge on any atom is 0.331 e. The fourth-order valence-corrected chi connectivity index (χ4v) is 6.30. The van der Waals surface area contributed by atoms with Crippen LogP contribution in [-0.2, 0) is 4.79 Å². The van der Waals surface area contributed by atoms with Crippen LogP contribution < -0.4 is 20.9 Å². The molecule has 9 nitrogen and oxygen atoms in total. The van der Waals surface area contributed by atoms with Crippen LogP contribution in [0.3, 0.4) is 0 Å². The molecule has 196 valence electrons. The van der Waals surface area contributed by atoms with Crippen LogP contribution in [0.25, 0.3) is 21.5 Å². The van der Waals surface area contributed by atoms with Gasteiger partial charge in [-0.15, -0.1) is 11.3 Å². The fourth-order valence-electron chi connectivity index (χ4n) is 5.28. The van der Waals surface area contributed by atoms with Crippen molar-refractivity contribution in [2.75, 3.05) is 10.2 Å². The second kappa shape index (κ2) is 10.3. The minimum Gasteiger partial charge on any atom is -0.348 e. The van der Waals surface area contributed by atoms with Gasteiger partial charge in [0.2, 0.25) is 5.91 Å². The van der Waals surface area contributed by atoms with Gasteiger partial charge in [-0.3, -0.25) is 19.5 Å². The second-order valence-electron chi connectivity index (χ2n) is 9.53. The summed E-state index contributed by atoms with van der Waals surface area (Å²) in [6.07, 6.45) is 8.02. The van der Waals surface area contributed by atoms with Gasteiger partial charge in [-0.1, -0.05) is 49.8 Å². The third-order valence-corrected chi connectivity index (χ3v) is 8.22. The Labute approximate surface area is 229 Å². The summed E-state index contributed by atoms with van der Waals surface area (Å²) in [6.45, 7) is 3.52. The number of nitrogens with one attached hydrogen (secondary N) is 3. The lowest BCUT2D eigenvalue weighted by molar-refractivity contribution is -0.117. The van der Waals surface area contributed by atoms with Crippen molar-refractivity contribution < 1.29 is 14.4 Å². The number of hydrogen-bond acceptors (Lipinski definition) is 6. The second-order valence-corrected chi connectivity index (χ2v) is 10.5. The molecular weight excluding hydrogens is 512 g/mol. The smallest absolute Gasteiger partial charge is 0.331 e. The Kier molecular flexibility index (Phi) is 6.54. The Hall–Kier alpha value is -4.57. The molecule has 1 aliphatic heterocycles. The minimum atomic E-state index is -0.374. The molecule has 0 spiro atoms. The Morgan fingerprint density at radius 3 is 2.54 bits per heavy atom. The predicted molar refractivity (Wildman–Crippen MR) is 152 cm³/mol. The van der Waals surface area contributed by atoms with Crippen molar-refractivity contribution >= 4 is 56.5 Å². The minimum absolute atomic E-state index is 0.178. The van der Waals surface area contributed by atoms with Crippen LogP contribution in [0, 0.1) is 0 Å². The first-order valence-electron chi connectivity index (χ1n) is 12.8. The van der Waals surface area contributed by atoms with Crippen LogP contribution in [0.5, 0.6) is 0 Å². The van der Waals surface area contributed by atoms with Crippen LogP contribution in [0.15, 0.2) is 73.6 Å². The van der Waals surface area contributed by atoms with Gasteiger partial charge in [0, 0.05) is 30.0 Å². The highest BCUT2D eigenvalue weighted by molar-refractivity contribution is 7.21. The monoisotopic (exact) mass is 538 g/mol. The molecule has 2 aliphatic rings. The zero-order valence-corrected chi connectivity index (χ0v) is 21.8. The van der Waals surface area contributed by atoms with Crippen LogP contribution in [0.2, 0.25) is 0 Å². The van der Waals surface area contributed by atoms with E-state index in [0.717, 1.165) is 36.9 Å². The van der Waals surface area contributed by atoms with E-state index in [1.807, 2.05) is 36.4 Å². The zero-order chi connectivity index (χ0) is 26.9. The van der Waals surface area contributed by atoms with E-state index in [2.05, 4.69) is 32.5 Å². The molecule has 0 bridgehead atoms. The SMILES string of the molecule is C=CC(=O)NC1CCCCC1NC(=O)c1sc2nccc3c2c1NC(=O)N3c1ccnc(-c2ccccc2)c1. The van der Waals surface area contributed by atoms with E-state index in [1.54, 1.807) is 29.4 Å². The van der Waals surface area contributed by atoms with Crippen molar-refractivity contribution in [3.8, 4) is 11.3 Å². The Bertz CT molecular complexity index is 1600. The average molecular weight is 539 g/mol. The molecule has 4 heterocycles. The van der Waals surface area contributed by atoms with Gasteiger partial charge in [-0.25, -0.2) is 9.78 Å². The first kappa shape index (κ1) is 24.7. The number of anilines is 3. The number of hydrogen-bond donors (Lipinski definition) is 3. The molecule has 2 atom stereocenters. The van der Waals surface area contributed by atoms with Crippen LogP contribution in [0.4, 0.5) is 21.9 Å². The van der Waals surface area contributed by atoms with E-state index < -0.39 is 0 Å². The number of carbonyl (C=O) groups excluding carboxylic acids is 3. The van der Waals surface area contributed by atoms with Gasteiger partial charge in [0.15, 0.2) is 0 Å². The summed E-state index contributed by atoms with van der Waals surface area (Å²) >= 11 is 1.24. The standard InChI is InChI=1S/C29H26N6O3S/c1-2-23(36)32-19-10-6-7-11-20(19)33-27(37)26-25-24-22(13-15-31-28(24)39-26)35(29(38)34-25)18-12-14-30-21(16-18)17-8-4-3-5-9-17/h2-5,8-9,12-16,19-20H,1,6-7,10-11H2,(H,32,36)(H,33,37)(H,34,38). The lowest BCUT2D eigenvalue weighted by Gasteiger charge is -2.32. The van der Waals surface area contributed by atoms with Gasteiger partial charge in [0.25, 0.3) is 5.91 Å². The Morgan fingerprint density at radius 1 is 1.03 bits per heavy atom. The maximum absolute atomic E-state index is 13.5. The summed E-state index contributed by atoms with van der Waals surface area (Å²) < 4.78 is 0. The number of benzene rings is 1. The first-order chi connectivity index (χ1) is 19.0. The summed E-state index contributed by atoms with van der Waals surface area (Å²) in [5, 5.41) is 9.69. The number of pyridine rings is 2. The quantitative estimate of drug-likeness (QED) is 0.285. The molecule has 1 aliphatic carbocycles. The molecule has 3 N–H and O–H groups in total. The third kappa shape index (κ3) is 4.63. The van der Waals surface area contributed by atoms with Crippen LogP contribution >= 0.6 is 11.3 Å². The van der Waals surface area contributed by atoms with Gasteiger partial charge in [0.1, 0.15) is 9.71 Å². The van der Waals surface area contributed by atoms with Gasteiger partial charge in [0.05, 0.1) is 28.1 Å². The lowest BCUT2D eigenvalue weighted by Crippen LogP contribution is -2.52. The van der Waals surface area contributed by atoms with Crippen molar-refractivity contribution in [3.05, 3.63) is 78.5 Å². The highest BCUT2D eigenvalue weighted by Gasteiger charge is 2.34. The molecule has 1 aromatic carbocycles. The number of urea groups is 1. The Balaban J connectivity index is 1.34. The molecule has 4 aromatic rings.